The Balaban J connectivity index is 1.72. The van der Waals surface area contributed by atoms with Crippen LogP contribution in [0, 0.1) is 0 Å². The molecular weight excluding hydrogens is 306 g/mol. The van der Waals surface area contributed by atoms with Gasteiger partial charge in [-0.3, -0.25) is 9.59 Å². The van der Waals surface area contributed by atoms with Crippen LogP contribution in [0.4, 0.5) is 0 Å². The second kappa shape index (κ2) is 7.40. The zero-order chi connectivity index (χ0) is 16.9. The lowest BCUT2D eigenvalue weighted by atomic mass is 10.1. The molecule has 1 aromatic heterocycles. The molecule has 0 aliphatic carbocycles. The molecule has 1 N–H and O–H groups in total. The molecule has 1 amide bonds. The highest BCUT2D eigenvalue weighted by Crippen LogP contribution is 2.15. The number of carbonyl (C=O) groups is 1. The van der Waals surface area contributed by atoms with Crippen LogP contribution in [0.3, 0.4) is 0 Å². The van der Waals surface area contributed by atoms with Crippen LogP contribution in [0.1, 0.15) is 35.8 Å². The summed E-state index contributed by atoms with van der Waals surface area (Å²) in [5.41, 5.74) is 0.954. The normalized spacial score (nSPS) is 18.3. The molecule has 0 radical (unpaired) electrons. The molecule has 1 fully saturated rings. The van der Waals surface area contributed by atoms with E-state index in [0.717, 1.165) is 25.0 Å². The third-order valence-corrected chi connectivity index (χ3v) is 4.16. The van der Waals surface area contributed by atoms with Gasteiger partial charge in [0.1, 0.15) is 5.69 Å². The van der Waals surface area contributed by atoms with Crippen LogP contribution in [0.5, 0.6) is 0 Å². The number of nitrogens with zero attached hydrogens (tertiary/aromatic N) is 2. The van der Waals surface area contributed by atoms with E-state index < -0.39 is 0 Å². The third kappa shape index (κ3) is 3.89. The number of hydrogen-bond donors (Lipinski definition) is 1. The molecule has 3 rings (SSSR count). The SMILES string of the molecule is C[C@H](NC(=O)c1ccc(=O)n(Cc2ccccc2)n1)[C@@H]1CCCO1. The maximum Gasteiger partial charge on any atom is 0.272 e. The minimum atomic E-state index is -0.292. The van der Waals surface area contributed by atoms with Crippen LogP contribution in [0.15, 0.2) is 47.3 Å². The van der Waals surface area contributed by atoms with Crippen molar-refractivity contribution in [1.82, 2.24) is 15.1 Å². The van der Waals surface area contributed by atoms with Gasteiger partial charge in [0.2, 0.25) is 0 Å². The van der Waals surface area contributed by atoms with Crippen LogP contribution in [-0.4, -0.2) is 34.4 Å². The molecular formula is C18H21N3O3. The van der Waals surface area contributed by atoms with E-state index in [0.29, 0.717) is 6.54 Å². The molecule has 2 aromatic rings. The minimum Gasteiger partial charge on any atom is -0.376 e. The summed E-state index contributed by atoms with van der Waals surface area (Å²) in [7, 11) is 0. The Morgan fingerprint density at radius 1 is 1.33 bits per heavy atom. The Labute approximate surface area is 140 Å². The van der Waals surface area contributed by atoms with Crippen molar-refractivity contribution < 1.29 is 9.53 Å². The molecule has 24 heavy (non-hydrogen) atoms. The van der Waals surface area contributed by atoms with Crippen LogP contribution in [-0.2, 0) is 11.3 Å². The van der Waals surface area contributed by atoms with E-state index in [1.54, 1.807) is 0 Å². The number of rotatable bonds is 5. The van der Waals surface area contributed by atoms with Crippen LogP contribution >= 0.6 is 0 Å². The summed E-state index contributed by atoms with van der Waals surface area (Å²) in [5.74, 6) is -0.292. The molecule has 1 saturated heterocycles. The summed E-state index contributed by atoms with van der Waals surface area (Å²) >= 11 is 0. The molecule has 2 atom stereocenters. The standard InChI is InChI=1S/C18H21N3O3/c1-13(16-8-5-11-24-16)19-18(23)15-9-10-17(22)21(20-15)12-14-6-3-2-4-7-14/h2-4,6-7,9-10,13,16H,5,8,11-12H2,1H3,(H,19,23)/t13-,16-/m0/s1. The van der Waals surface area contributed by atoms with E-state index in [-0.39, 0.29) is 29.3 Å². The van der Waals surface area contributed by atoms with Gasteiger partial charge in [0, 0.05) is 12.7 Å². The fraction of sp³-hybridized carbons (Fsp3) is 0.389. The van der Waals surface area contributed by atoms with Crippen molar-refractivity contribution in [2.75, 3.05) is 6.61 Å². The fourth-order valence-electron chi connectivity index (χ4n) is 2.81. The van der Waals surface area contributed by atoms with E-state index >= 15 is 0 Å². The quantitative estimate of drug-likeness (QED) is 0.905. The number of ether oxygens (including phenoxy) is 1. The summed E-state index contributed by atoms with van der Waals surface area (Å²) in [4.78, 5) is 24.4. The Morgan fingerprint density at radius 2 is 2.12 bits per heavy atom. The van der Waals surface area contributed by atoms with Gasteiger partial charge in [-0.05, 0) is 31.4 Å². The molecule has 6 nitrogen and oxygen atoms in total. The molecule has 0 unspecified atom stereocenters. The number of benzene rings is 1. The molecule has 0 saturated carbocycles. The third-order valence-electron chi connectivity index (χ3n) is 4.16. The van der Waals surface area contributed by atoms with E-state index in [4.69, 9.17) is 4.74 Å². The maximum atomic E-state index is 12.4. The first-order valence-electron chi connectivity index (χ1n) is 8.18. The van der Waals surface area contributed by atoms with Gasteiger partial charge in [0.05, 0.1) is 18.7 Å². The van der Waals surface area contributed by atoms with E-state index in [9.17, 15) is 9.59 Å². The van der Waals surface area contributed by atoms with Crippen molar-refractivity contribution in [3.05, 3.63) is 64.1 Å². The Hall–Kier alpha value is -2.47. The van der Waals surface area contributed by atoms with Crippen LogP contribution < -0.4 is 10.9 Å². The molecule has 1 aliphatic rings. The second-order valence-electron chi connectivity index (χ2n) is 6.01. The average Bonchev–Trinajstić information content (AvgIpc) is 3.12. The summed E-state index contributed by atoms with van der Waals surface area (Å²) in [6.07, 6.45) is 2.01. The minimum absolute atomic E-state index is 0.0455. The molecule has 1 aliphatic heterocycles. The smallest absolute Gasteiger partial charge is 0.272 e. The lowest BCUT2D eigenvalue weighted by molar-refractivity contribution is 0.0708. The molecule has 0 spiro atoms. The van der Waals surface area contributed by atoms with Crippen molar-refractivity contribution in [3.63, 3.8) is 0 Å². The van der Waals surface area contributed by atoms with Crippen molar-refractivity contribution in [2.45, 2.75) is 38.5 Å². The highest BCUT2D eigenvalue weighted by Gasteiger charge is 2.24. The molecule has 1 aromatic carbocycles. The van der Waals surface area contributed by atoms with E-state index in [2.05, 4.69) is 10.4 Å². The monoisotopic (exact) mass is 327 g/mol. The van der Waals surface area contributed by atoms with E-state index in [1.165, 1.54) is 16.8 Å². The van der Waals surface area contributed by atoms with Crippen molar-refractivity contribution >= 4 is 5.91 Å². The first-order valence-corrected chi connectivity index (χ1v) is 8.18. The average molecular weight is 327 g/mol. The number of nitrogens with one attached hydrogen (secondary N) is 1. The van der Waals surface area contributed by atoms with Crippen molar-refractivity contribution in [2.24, 2.45) is 0 Å². The Kier molecular flexibility index (Phi) is 5.05. The topological polar surface area (TPSA) is 73.2 Å². The number of hydrogen-bond acceptors (Lipinski definition) is 4. The van der Waals surface area contributed by atoms with Gasteiger partial charge in [-0.25, -0.2) is 4.68 Å². The predicted octanol–water partition coefficient (Wildman–Crippen LogP) is 1.59. The molecule has 2 heterocycles. The fourth-order valence-corrected chi connectivity index (χ4v) is 2.81. The number of aromatic nitrogens is 2. The largest absolute Gasteiger partial charge is 0.376 e. The lowest BCUT2D eigenvalue weighted by Crippen LogP contribution is -2.41. The maximum absolute atomic E-state index is 12.4. The van der Waals surface area contributed by atoms with Gasteiger partial charge in [0.15, 0.2) is 0 Å². The van der Waals surface area contributed by atoms with Crippen molar-refractivity contribution in [1.29, 1.82) is 0 Å². The summed E-state index contributed by atoms with van der Waals surface area (Å²) in [6.45, 7) is 3.00. The van der Waals surface area contributed by atoms with Gasteiger partial charge in [-0.2, -0.15) is 5.10 Å². The Morgan fingerprint density at radius 3 is 2.83 bits per heavy atom. The molecule has 0 bridgehead atoms. The first-order chi connectivity index (χ1) is 11.6. The van der Waals surface area contributed by atoms with Crippen LogP contribution in [0.2, 0.25) is 0 Å². The highest BCUT2D eigenvalue weighted by atomic mass is 16.5. The predicted molar refractivity (Wildman–Crippen MR) is 89.9 cm³/mol. The van der Waals surface area contributed by atoms with Gasteiger partial charge in [-0.1, -0.05) is 30.3 Å². The first kappa shape index (κ1) is 16.4. The molecule has 6 heteroatoms. The van der Waals surface area contributed by atoms with Gasteiger partial charge in [-0.15, -0.1) is 0 Å². The number of amides is 1. The zero-order valence-corrected chi connectivity index (χ0v) is 13.6. The van der Waals surface area contributed by atoms with Gasteiger partial charge in [0.25, 0.3) is 11.5 Å². The summed E-state index contributed by atoms with van der Waals surface area (Å²) in [6, 6.07) is 12.3. The second-order valence-corrected chi connectivity index (χ2v) is 6.01. The summed E-state index contributed by atoms with van der Waals surface area (Å²) < 4.78 is 6.89. The zero-order valence-electron chi connectivity index (χ0n) is 13.6. The summed E-state index contributed by atoms with van der Waals surface area (Å²) in [5, 5.41) is 7.11. The van der Waals surface area contributed by atoms with Gasteiger partial charge < -0.3 is 10.1 Å². The lowest BCUT2D eigenvalue weighted by Gasteiger charge is -2.19. The van der Waals surface area contributed by atoms with E-state index in [1.807, 2.05) is 37.3 Å². The molecule has 126 valence electrons. The Bertz CT molecular complexity index is 752. The number of carbonyl (C=O) groups excluding carboxylic acids is 1. The highest BCUT2D eigenvalue weighted by molar-refractivity contribution is 5.92. The van der Waals surface area contributed by atoms with Crippen LogP contribution in [0.25, 0.3) is 0 Å². The van der Waals surface area contributed by atoms with Gasteiger partial charge >= 0.3 is 0 Å². The van der Waals surface area contributed by atoms with Crippen molar-refractivity contribution in [3.8, 4) is 0 Å².